The predicted octanol–water partition coefficient (Wildman–Crippen LogP) is 3.54. The van der Waals surface area contributed by atoms with Gasteiger partial charge < -0.3 is 10.3 Å². The number of benzene rings is 1. The molecule has 4 rings (SSSR count). The molecule has 1 saturated heterocycles. The van der Waals surface area contributed by atoms with E-state index in [-0.39, 0.29) is 5.91 Å². The van der Waals surface area contributed by atoms with Crippen LogP contribution in [0, 0.1) is 0 Å². The Balaban J connectivity index is 1.53. The molecule has 1 aliphatic heterocycles. The number of fused-ring (bicyclic) bond motifs is 1. The predicted molar refractivity (Wildman–Crippen MR) is 102 cm³/mol. The Bertz CT molecular complexity index is 917. The van der Waals surface area contributed by atoms with Crippen molar-refractivity contribution in [1.82, 2.24) is 20.2 Å². The maximum Gasteiger partial charge on any atom is 0.217 e. The van der Waals surface area contributed by atoms with E-state index in [1.165, 1.54) is 29.8 Å². The van der Waals surface area contributed by atoms with Gasteiger partial charge in [0.2, 0.25) is 5.91 Å². The number of nitrogens with one attached hydrogen (secondary N) is 2. The molecule has 134 valence electrons. The first kappa shape index (κ1) is 16.8. The van der Waals surface area contributed by atoms with E-state index in [9.17, 15) is 4.79 Å². The van der Waals surface area contributed by atoms with Crippen molar-refractivity contribution in [3.63, 3.8) is 0 Å². The molecule has 1 aliphatic rings. The van der Waals surface area contributed by atoms with Crippen molar-refractivity contribution in [1.29, 1.82) is 0 Å². The topological polar surface area (TPSA) is 61.0 Å². The van der Waals surface area contributed by atoms with Gasteiger partial charge in [-0.2, -0.15) is 0 Å². The second-order valence-corrected chi connectivity index (χ2v) is 6.95. The number of rotatable bonds is 5. The fraction of sp³-hybridized carbons (Fsp3) is 0.333. The van der Waals surface area contributed by atoms with Gasteiger partial charge in [0.25, 0.3) is 0 Å². The van der Waals surface area contributed by atoms with E-state index in [0.717, 1.165) is 30.9 Å². The lowest BCUT2D eigenvalue weighted by atomic mass is 10.1. The van der Waals surface area contributed by atoms with E-state index >= 15 is 0 Å². The minimum Gasteiger partial charge on any atom is -0.361 e. The Kier molecular flexibility index (Phi) is 4.71. The zero-order valence-electron chi connectivity index (χ0n) is 15.0. The highest BCUT2D eigenvalue weighted by Crippen LogP contribution is 2.33. The number of aromatic nitrogens is 2. The van der Waals surface area contributed by atoms with Crippen LogP contribution in [0.2, 0.25) is 0 Å². The molecule has 5 nitrogen and oxygen atoms in total. The lowest BCUT2D eigenvalue weighted by Crippen LogP contribution is -2.24. The molecule has 1 fully saturated rings. The molecule has 0 radical (unpaired) electrons. The van der Waals surface area contributed by atoms with Gasteiger partial charge in [-0.1, -0.05) is 24.3 Å². The first-order valence-corrected chi connectivity index (χ1v) is 9.20. The first-order chi connectivity index (χ1) is 12.7. The van der Waals surface area contributed by atoms with Crippen LogP contribution in [0.25, 0.3) is 10.9 Å². The number of nitrogens with zero attached hydrogens (tertiary/aromatic N) is 2. The zero-order valence-corrected chi connectivity index (χ0v) is 15.0. The molecule has 0 spiro atoms. The van der Waals surface area contributed by atoms with Gasteiger partial charge in [-0.15, -0.1) is 0 Å². The summed E-state index contributed by atoms with van der Waals surface area (Å²) in [4.78, 5) is 21.8. The minimum absolute atomic E-state index is 0.0287. The summed E-state index contributed by atoms with van der Waals surface area (Å²) < 4.78 is 0. The van der Waals surface area contributed by atoms with Gasteiger partial charge in [-0.05, 0) is 43.1 Å². The van der Waals surface area contributed by atoms with Crippen LogP contribution in [0.5, 0.6) is 0 Å². The van der Waals surface area contributed by atoms with Crippen LogP contribution in [0.4, 0.5) is 0 Å². The zero-order chi connectivity index (χ0) is 17.9. The number of amides is 1. The molecular weight excluding hydrogens is 324 g/mol. The van der Waals surface area contributed by atoms with Gasteiger partial charge >= 0.3 is 0 Å². The molecule has 0 saturated carbocycles. The average molecular weight is 348 g/mol. The van der Waals surface area contributed by atoms with E-state index in [1.54, 1.807) is 0 Å². The minimum atomic E-state index is -0.0287. The third-order valence-electron chi connectivity index (χ3n) is 5.10. The van der Waals surface area contributed by atoms with Crippen molar-refractivity contribution in [3.05, 3.63) is 65.6 Å². The van der Waals surface area contributed by atoms with Crippen LogP contribution in [0.1, 0.15) is 42.8 Å². The number of carbonyl (C=O) groups is 1. The van der Waals surface area contributed by atoms with E-state index in [1.807, 2.05) is 12.1 Å². The van der Waals surface area contributed by atoms with E-state index < -0.39 is 0 Å². The molecule has 0 bridgehead atoms. The fourth-order valence-electron chi connectivity index (χ4n) is 3.83. The monoisotopic (exact) mass is 348 g/mol. The van der Waals surface area contributed by atoms with Gasteiger partial charge in [0.15, 0.2) is 0 Å². The maximum absolute atomic E-state index is 11.1. The highest BCUT2D eigenvalue weighted by molar-refractivity contribution is 5.83. The molecular formula is C21H24N4O. The van der Waals surface area contributed by atoms with Crippen LogP contribution >= 0.6 is 0 Å². The first-order valence-electron chi connectivity index (χ1n) is 9.20. The molecule has 3 aromatic rings. The van der Waals surface area contributed by atoms with Gasteiger partial charge in [0.05, 0.1) is 24.0 Å². The molecule has 1 aromatic carbocycles. The summed E-state index contributed by atoms with van der Waals surface area (Å²) in [5, 5.41) is 4.12. The van der Waals surface area contributed by atoms with Gasteiger partial charge in [-0.3, -0.25) is 14.7 Å². The van der Waals surface area contributed by atoms with Crippen molar-refractivity contribution in [3.8, 4) is 0 Å². The van der Waals surface area contributed by atoms with Crippen LogP contribution in [-0.2, 0) is 17.9 Å². The van der Waals surface area contributed by atoms with E-state index in [0.29, 0.717) is 12.6 Å². The lowest BCUT2D eigenvalue weighted by molar-refractivity contribution is -0.119. The smallest absolute Gasteiger partial charge is 0.217 e. The third kappa shape index (κ3) is 3.48. The molecule has 26 heavy (non-hydrogen) atoms. The Morgan fingerprint density at radius 1 is 1.27 bits per heavy atom. The standard InChI is InChI=1S/C21H24N4O/c1-15(26)22-13-17-6-4-9-20(24-17)21-10-5-11-25(21)14-16-12-23-19-8-3-2-7-18(16)19/h2-4,6-9,12,21,23H,5,10-11,13-14H2,1H3,(H,22,26). The number of para-hydroxylation sites is 1. The lowest BCUT2D eigenvalue weighted by Gasteiger charge is -2.24. The number of pyridine rings is 1. The quantitative estimate of drug-likeness (QED) is 0.741. The van der Waals surface area contributed by atoms with E-state index in [4.69, 9.17) is 4.98 Å². The van der Waals surface area contributed by atoms with Gasteiger partial charge in [0.1, 0.15) is 0 Å². The highest BCUT2D eigenvalue weighted by Gasteiger charge is 2.27. The molecule has 1 atom stereocenters. The second kappa shape index (κ2) is 7.30. The number of aromatic amines is 1. The summed E-state index contributed by atoms with van der Waals surface area (Å²) in [6.07, 6.45) is 4.43. The Morgan fingerprint density at radius 3 is 3.04 bits per heavy atom. The van der Waals surface area contributed by atoms with Crippen LogP contribution in [-0.4, -0.2) is 27.3 Å². The third-order valence-corrected chi connectivity index (χ3v) is 5.10. The Labute approximate surface area is 153 Å². The normalized spacial score (nSPS) is 17.7. The Hall–Kier alpha value is -2.66. The largest absolute Gasteiger partial charge is 0.361 e. The maximum atomic E-state index is 11.1. The average Bonchev–Trinajstić information content (AvgIpc) is 3.28. The molecule has 2 N–H and O–H groups in total. The fourth-order valence-corrected chi connectivity index (χ4v) is 3.83. The van der Waals surface area contributed by atoms with Crippen LogP contribution < -0.4 is 5.32 Å². The second-order valence-electron chi connectivity index (χ2n) is 6.95. The van der Waals surface area contributed by atoms with Crippen molar-refractivity contribution in [2.45, 2.75) is 38.9 Å². The number of carbonyl (C=O) groups excluding carboxylic acids is 1. The van der Waals surface area contributed by atoms with Crippen molar-refractivity contribution in [2.75, 3.05) is 6.54 Å². The van der Waals surface area contributed by atoms with Crippen LogP contribution in [0.3, 0.4) is 0 Å². The summed E-state index contributed by atoms with van der Waals surface area (Å²) >= 11 is 0. The van der Waals surface area contributed by atoms with Gasteiger partial charge in [0, 0.05) is 30.6 Å². The highest BCUT2D eigenvalue weighted by atomic mass is 16.1. The molecule has 1 unspecified atom stereocenters. The molecule has 0 aliphatic carbocycles. The van der Waals surface area contributed by atoms with Crippen molar-refractivity contribution < 1.29 is 4.79 Å². The number of H-pyrrole nitrogens is 1. The molecule has 5 heteroatoms. The van der Waals surface area contributed by atoms with Crippen LogP contribution in [0.15, 0.2) is 48.7 Å². The molecule has 1 amide bonds. The number of hydrogen-bond donors (Lipinski definition) is 2. The number of likely N-dealkylation sites (tertiary alicyclic amines) is 1. The Morgan fingerprint density at radius 2 is 2.15 bits per heavy atom. The molecule has 2 aromatic heterocycles. The van der Waals surface area contributed by atoms with Gasteiger partial charge in [-0.25, -0.2) is 0 Å². The summed E-state index contributed by atoms with van der Waals surface area (Å²) in [6, 6.07) is 14.9. The summed E-state index contributed by atoms with van der Waals surface area (Å²) in [5.74, 6) is -0.0287. The SMILES string of the molecule is CC(=O)NCc1cccc(C2CCCN2Cc2c[nH]c3ccccc23)n1. The van der Waals surface area contributed by atoms with E-state index in [2.05, 4.69) is 51.7 Å². The van der Waals surface area contributed by atoms with Crippen molar-refractivity contribution in [2.24, 2.45) is 0 Å². The summed E-state index contributed by atoms with van der Waals surface area (Å²) in [6.45, 7) is 4.02. The summed E-state index contributed by atoms with van der Waals surface area (Å²) in [5.41, 5.74) is 4.54. The summed E-state index contributed by atoms with van der Waals surface area (Å²) in [7, 11) is 0. The van der Waals surface area contributed by atoms with Crippen molar-refractivity contribution >= 4 is 16.8 Å². The molecule has 3 heterocycles. The number of hydrogen-bond acceptors (Lipinski definition) is 3.